The summed E-state index contributed by atoms with van der Waals surface area (Å²) in [6.45, 7) is 1.92. The van der Waals surface area contributed by atoms with E-state index in [4.69, 9.17) is 10.5 Å². The minimum absolute atomic E-state index is 0.621. The first-order chi connectivity index (χ1) is 9.29. The van der Waals surface area contributed by atoms with E-state index in [9.17, 15) is 0 Å². The second kappa shape index (κ2) is 7.43. The Bertz CT molecular complexity index is 528. The molecular weight excluding hydrogens is 302 g/mol. The van der Waals surface area contributed by atoms with E-state index in [0.717, 1.165) is 10.9 Å². The summed E-state index contributed by atoms with van der Waals surface area (Å²) >= 11 is 3.46. The van der Waals surface area contributed by atoms with Gasteiger partial charge in [-0.1, -0.05) is 52.3 Å². The van der Waals surface area contributed by atoms with Gasteiger partial charge in [-0.2, -0.15) is 0 Å². The molecule has 0 spiro atoms. The predicted octanol–water partition coefficient (Wildman–Crippen LogP) is 3.67. The minimum atomic E-state index is 0.621. The maximum Gasteiger partial charge on any atom is 0.0724 e. The van der Waals surface area contributed by atoms with Gasteiger partial charge in [-0.3, -0.25) is 0 Å². The zero-order valence-electron chi connectivity index (χ0n) is 10.8. The van der Waals surface area contributed by atoms with Crippen molar-refractivity contribution < 1.29 is 4.74 Å². The standard InChI is InChI=1S/C16H18BrNO/c17-16-7-3-4-13(10-16)11-19-12-15-6-2-1-5-14(15)8-9-18/h1-7,10H,8-9,11-12,18H2. The van der Waals surface area contributed by atoms with Crippen LogP contribution in [0.15, 0.2) is 53.0 Å². The van der Waals surface area contributed by atoms with Crippen LogP contribution in [0.2, 0.25) is 0 Å². The molecule has 0 saturated heterocycles. The van der Waals surface area contributed by atoms with Crippen molar-refractivity contribution >= 4 is 15.9 Å². The maximum atomic E-state index is 5.79. The lowest BCUT2D eigenvalue weighted by molar-refractivity contribution is 0.106. The molecule has 2 nitrogen and oxygen atoms in total. The highest BCUT2D eigenvalue weighted by atomic mass is 79.9. The minimum Gasteiger partial charge on any atom is -0.372 e. The molecule has 100 valence electrons. The lowest BCUT2D eigenvalue weighted by Gasteiger charge is -2.09. The van der Waals surface area contributed by atoms with Gasteiger partial charge in [0, 0.05) is 4.47 Å². The summed E-state index contributed by atoms with van der Waals surface area (Å²) in [4.78, 5) is 0. The van der Waals surface area contributed by atoms with Crippen molar-refractivity contribution in [1.29, 1.82) is 0 Å². The molecule has 0 aliphatic heterocycles. The Kier molecular flexibility index (Phi) is 5.58. The fraction of sp³-hybridized carbons (Fsp3) is 0.250. The van der Waals surface area contributed by atoms with Gasteiger partial charge in [0.05, 0.1) is 13.2 Å². The molecule has 0 aromatic heterocycles. The van der Waals surface area contributed by atoms with E-state index in [1.807, 2.05) is 24.3 Å². The van der Waals surface area contributed by atoms with E-state index in [1.54, 1.807) is 0 Å². The van der Waals surface area contributed by atoms with E-state index < -0.39 is 0 Å². The Morgan fingerprint density at radius 1 is 0.947 bits per heavy atom. The van der Waals surface area contributed by atoms with Gasteiger partial charge in [-0.25, -0.2) is 0 Å². The molecule has 0 fully saturated rings. The Hall–Kier alpha value is -1.16. The second-order valence-corrected chi connectivity index (χ2v) is 5.35. The van der Waals surface area contributed by atoms with E-state index in [0.29, 0.717) is 19.8 Å². The van der Waals surface area contributed by atoms with E-state index >= 15 is 0 Å². The summed E-state index contributed by atoms with van der Waals surface area (Å²) in [5, 5.41) is 0. The smallest absolute Gasteiger partial charge is 0.0724 e. The van der Waals surface area contributed by atoms with Crippen molar-refractivity contribution in [3.05, 3.63) is 69.7 Å². The Morgan fingerprint density at radius 3 is 2.47 bits per heavy atom. The van der Waals surface area contributed by atoms with Crippen molar-refractivity contribution in [2.24, 2.45) is 5.73 Å². The SMILES string of the molecule is NCCc1ccccc1COCc1cccc(Br)c1. The van der Waals surface area contributed by atoms with Gasteiger partial charge in [0.15, 0.2) is 0 Å². The van der Waals surface area contributed by atoms with Gasteiger partial charge in [0.1, 0.15) is 0 Å². The molecule has 2 aromatic rings. The molecule has 0 heterocycles. The fourth-order valence-corrected chi connectivity index (χ4v) is 2.45. The predicted molar refractivity (Wildman–Crippen MR) is 81.8 cm³/mol. The average Bonchev–Trinajstić information content (AvgIpc) is 2.41. The first-order valence-corrected chi connectivity index (χ1v) is 7.18. The van der Waals surface area contributed by atoms with Crippen molar-refractivity contribution in [3.63, 3.8) is 0 Å². The monoisotopic (exact) mass is 319 g/mol. The third-order valence-electron chi connectivity index (χ3n) is 2.95. The lowest BCUT2D eigenvalue weighted by atomic mass is 10.1. The van der Waals surface area contributed by atoms with Gasteiger partial charge < -0.3 is 10.5 Å². The number of hydrogen-bond acceptors (Lipinski definition) is 2. The molecule has 2 aromatic carbocycles. The van der Waals surface area contributed by atoms with Gasteiger partial charge in [-0.05, 0) is 41.8 Å². The van der Waals surface area contributed by atoms with Gasteiger partial charge in [-0.15, -0.1) is 0 Å². The molecular formula is C16H18BrNO. The molecule has 0 bridgehead atoms. The van der Waals surface area contributed by atoms with Crippen LogP contribution in [0.25, 0.3) is 0 Å². The largest absolute Gasteiger partial charge is 0.372 e. The summed E-state index contributed by atoms with van der Waals surface area (Å²) in [7, 11) is 0. The van der Waals surface area contributed by atoms with Gasteiger partial charge in [0.25, 0.3) is 0 Å². The van der Waals surface area contributed by atoms with Gasteiger partial charge >= 0.3 is 0 Å². The molecule has 2 rings (SSSR count). The highest BCUT2D eigenvalue weighted by molar-refractivity contribution is 9.10. The number of rotatable bonds is 6. The van der Waals surface area contributed by atoms with Crippen molar-refractivity contribution in [2.75, 3.05) is 6.54 Å². The maximum absolute atomic E-state index is 5.79. The summed E-state index contributed by atoms with van der Waals surface area (Å²) < 4.78 is 6.87. The zero-order valence-corrected chi connectivity index (χ0v) is 12.4. The fourth-order valence-electron chi connectivity index (χ4n) is 2.00. The molecule has 19 heavy (non-hydrogen) atoms. The number of ether oxygens (including phenoxy) is 1. The topological polar surface area (TPSA) is 35.2 Å². The van der Waals surface area contributed by atoms with Crippen molar-refractivity contribution in [3.8, 4) is 0 Å². The second-order valence-electron chi connectivity index (χ2n) is 4.43. The van der Waals surface area contributed by atoms with Crippen LogP contribution >= 0.6 is 15.9 Å². The van der Waals surface area contributed by atoms with Crippen LogP contribution in [0.1, 0.15) is 16.7 Å². The Balaban J connectivity index is 1.92. The van der Waals surface area contributed by atoms with Crippen LogP contribution in [0.3, 0.4) is 0 Å². The Morgan fingerprint density at radius 2 is 1.74 bits per heavy atom. The summed E-state index contributed by atoms with van der Waals surface area (Å²) in [5.74, 6) is 0. The third kappa shape index (κ3) is 4.46. The molecule has 3 heteroatoms. The van der Waals surface area contributed by atoms with E-state index in [1.165, 1.54) is 16.7 Å². The molecule has 0 unspecified atom stereocenters. The van der Waals surface area contributed by atoms with Crippen LogP contribution in [-0.2, 0) is 24.4 Å². The number of benzene rings is 2. The van der Waals surface area contributed by atoms with E-state index in [-0.39, 0.29) is 0 Å². The molecule has 0 aliphatic rings. The first-order valence-electron chi connectivity index (χ1n) is 6.38. The molecule has 0 saturated carbocycles. The molecule has 0 atom stereocenters. The third-order valence-corrected chi connectivity index (χ3v) is 3.44. The van der Waals surface area contributed by atoms with E-state index in [2.05, 4.69) is 40.2 Å². The zero-order chi connectivity index (χ0) is 13.5. The highest BCUT2D eigenvalue weighted by Gasteiger charge is 2.01. The summed E-state index contributed by atoms with van der Waals surface area (Å²) in [6.07, 6.45) is 0.899. The number of nitrogens with two attached hydrogens (primary N) is 1. The summed E-state index contributed by atoms with van der Waals surface area (Å²) in [6, 6.07) is 16.5. The molecule has 0 radical (unpaired) electrons. The van der Waals surface area contributed by atoms with Crippen LogP contribution in [-0.4, -0.2) is 6.54 Å². The van der Waals surface area contributed by atoms with Gasteiger partial charge in [0.2, 0.25) is 0 Å². The van der Waals surface area contributed by atoms with Crippen molar-refractivity contribution in [2.45, 2.75) is 19.6 Å². The first kappa shape index (κ1) is 14.3. The molecule has 2 N–H and O–H groups in total. The van der Waals surface area contributed by atoms with Crippen LogP contribution in [0.4, 0.5) is 0 Å². The van der Waals surface area contributed by atoms with Crippen LogP contribution in [0, 0.1) is 0 Å². The number of hydrogen-bond donors (Lipinski definition) is 1. The van der Waals surface area contributed by atoms with Crippen LogP contribution in [0.5, 0.6) is 0 Å². The average molecular weight is 320 g/mol. The van der Waals surface area contributed by atoms with Crippen LogP contribution < -0.4 is 5.73 Å². The normalized spacial score (nSPS) is 10.6. The Labute approximate surface area is 122 Å². The van der Waals surface area contributed by atoms with Crippen molar-refractivity contribution in [1.82, 2.24) is 0 Å². The lowest BCUT2D eigenvalue weighted by Crippen LogP contribution is -2.06. The highest BCUT2D eigenvalue weighted by Crippen LogP contribution is 2.14. The number of halogens is 1. The molecule has 0 aliphatic carbocycles. The molecule has 0 amide bonds. The quantitative estimate of drug-likeness (QED) is 0.881. The summed E-state index contributed by atoms with van der Waals surface area (Å²) in [5.41, 5.74) is 9.29.